The Morgan fingerprint density at radius 1 is 1.50 bits per heavy atom. The van der Waals surface area contributed by atoms with Gasteiger partial charge in [0.2, 0.25) is 11.7 Å². The maximum Gasteiger partial charge on any atom is 0.372 e. The lowest BCUT2D eigenvalue weighted by Crippen LogP contribution is -2.32. The van der Waals surface area contributed by atoms with E-state index in [1.54, 1.807) is 20.2 Å². The van der Waals surface area contributed by atoms with E-state index >= 15 is 0 Å². The number of carboxylic acid groups (broad SMARTS) is 1. The van der Waals surface area contributed by atoms with Crippen LogP contribution in [0.15, 0.2) is 16.7 Å². The van der Waals surface area contributed by atoms with Crippen LogP contribution in [0.1, 0.15) is 16.1 Å². The van der Waals surface area contributed by atoms with Crippen LogP contribution in [0.4, 0.5) is 0 Å². The Bertz CT molecular complexity index is 384. The number of carbonyl (C=O) groups is 2. The van der Waals surface area contributed by atoms with E-state index in [9.17, 15) is 9.59 Å². The first kappa shape index (κ1) is 12.3. The van der Waals surface area contributed by atoms with Crippen LogP contribution in [-0.2, 0) is 11.3 Å². The fourth-order valence-electron chi connectivity index (χ4n) is 1.12. The molecule has 0 atom stereocenters. The van der Waals surface area contributed by atoms with Gasteiger partial charge in [0.05, 0.1) is 12.8 Å². The number of hydrogen-bond donors (Lipinski definition) is 2. The van der Waals surface area contributed by atoms with Crippen molar-refractivity contribution in [2.45, 2.75) is 6.54 Å². The summed E-state index contributed by atoms with van der Waals surface area (Å²) < 4.78 is 4.80. The van der Waals surface area contributed by atoms with E-state index in [2.05, 4.69) is 5.32 Å². The number of nitrogens with zero attached hydrogens (tertiary/aromatic N) is 1. The standard InChI is InChI=1S/C10H14N2O4/c1-12(2)8(13)6-11-5-7-3-4-16-9(7)10(14)15/h3-4,11H,5-6H2,1-2H3,(H,14,15). The van der Waals surface area contributed by atoms with Gasteiger partial charge in [-0.25, -0.2) is 4.79 Å². The summed E-state index contributed by atoms with van der Waals surface area (Å²) >= 11 is 0. The third kappa shape index (κ3) is 3.09. The molecule has 6 heteroatoms. The molecule has 0 aliphatic heterocycles. The lowest BCUT2D eigenvalue weighted by molar-refractivity contribution is -0.127. The van der Waals surface area contributed by atoms with Gasteiger partial charge in [-0.3, -0.25) is 4.79 Å². The molecule has 16 heavy (non-hydrogen) atoms. The van der Waals surface area contributed by atoms with Crippen LogP contribution in [0.3, 0.4) is 0 Å². The summed E-state index contributed by atoms with van der Waals surface area (Å²) in [5.74, 6) is -1.27. The average molecular weight is 226 g/mol. The molecule has 0 spiro atoms. The number of amides is 1. The van der Waals surface area contributed by atoms with Crippen molar-refractivity contribution in [1.29, 1.82) is 0 Å². The molecule has 6 nitrogen and oxygen atoms in total. The predicted octanol–water partition coefficient (Wildman–Crippen LogP) is 0.156. The van der Waals surface area contributed by atoms with Crippen LogP contribution < -0.4 is 5.32 Å². The van der Waals surface area contributed by atoms with E-state index < -0.39 is 5.97 Å². The Hall–Kier alpha value is -1.82. The molecule has 0 aliphatic carbocycles. The zero-order valence-electron chi connectivity index (χ0n) is 9.19. The number of rotatable bonds is 5. The molecule has 1 heterocycles. The van der Waals surface area contributed by atoms with Crippen molar-refractivity contribution in [3.05, 3.63) is 23.7 Å². The number of carboxylic acids is 1. The van der Waals surface area contributed by atoms with E-state index in [1.807, 2.05) is 0 Å². The Labute approximate surface area is 92.8 Å². The summed E-state index contributed by atoms with van der Waals surface area (Å²) in [4.78, 5) is 23.4. The summed E-state index contributed by atoms with van der Waals surface area (Å²) in [6, 6.07) is 1.57. The molecule has 0 saturated heterocycles. The normalized spacial score (nSPS) is 10.1. The molecule has 1 aromatic rings. The molecule has 0 bridgehead atoms. The number of aromatic carboxylic acids is 1. The van der Waals surface area contributed by atoms with Crippen molar-refractivity contribution in [1.82, 2.24) is 10.2 Å². The van der Waals surface area contributed by atoms with Gasteiger partial charge in [0.15, 0.2) is 0 Å². The zero-order valence-corrected chi connectivity index (χ0v) is 9.19. The van der Waals surface area contributed by atoms with Crippen LogP contribution in [0.5, 0.6) is 0 Å². The van der Waals surface area contributed by atoms with Crippen molar-refractivity contribution in [3.8, 4) is 0 Å². The van der Waals surface area contributed by atoms with Gasteiger partial charge >= 0.3 is 5.97 Å². The summed E-state index contributed by atoms with van der Waals surface area (Å²) in [5, 5.41) is 11.6. The molecule has 0 unspecified atom stereocenters. The molecular weight excluding hydrogens is 212 g/mol. The van der Waals surface area contributed by atoms with Crippen LogP contribution in [0, 0.1) is 0 Å². The third-order valence-corrected chi connectivity index (χ3v) is 2.03. The van der Waals surface area contributed by atoms with Crippen LogP contribution in [-0.4, -0.2) is 42.5 Å². The highest BCUT2D eigenvalue weighted by molar-refractivity contribution is 5.86. The predicted molar refractivity (Wildman–Crippen MR) is 56.1 cm³/mol. The van der Waals surface area contributed by atoms with Gasteiger partial charge < -0.3 is 19.7 Å². The second kappa shape index (κ2) is 5.32. The third-order valence-electron chi connectivity index (χ3n) is 2.03. The second-order valence-corrected chi connectivity index (χ2v) is 3.47. The van der Waals surface area contributed by atoms with Gasteiger partial charge in [-0.2, -0.15) is 0 Å². The van der Waals surface area contributed by atoms with E-state index in [1.165, 1.54) is 11.2 Å². The first-order chi connectivity index (χ1) is 7.52. The van der Waals surface area contributed by atoms with Crippen molar-refractivity contribution in [3.63, 3.8) is 0 Å². The summed E-state index contributed by atoms with van der Waals surface area (Å²) in [6.45, 7) is 0.453. The van der Waals surface area contributed by atoms with Gasteiger partial charge in [-0.15, -0.1) is 0 Å². The largest absolute Gasteiger partial charge is 0.475 e. The SMILES string of the molecule is CN(C)C(=O)CNCc1ccoc1C(=O)O. The molecule has 1 amide bonds. The summed E-state index contributed by atoms with van der Waals surface area (Å²) in [7, 11) is 3.31. The highest BCUT2D eigenvalue weighted by Crippen LogP contribution is 2.09. The number of likely N-dealkylation sites (N-methyl/N-ethyl adjacent to an activating group) is 1. The molecule has 0 radical (unpaired) electrons. The fourth-order valence-corrected chi connectivity index (χ4v) is 1.12. The van der Waals surface area contributed by atoms with E-state index in [0.717, 1.165) is 0 Å². The molecule has 88 valence electrons. The molecule has 2 N–H and O–H groups in total. The van der Waals surface area contributed by atoms with Crippen molar-refractivity contribution < 1.29 is 19.1 Å². The Morgan fingerprint density at radius 2 is 2.19 bits per heavy atom. The topological polar surface area (TPSA) is 82.8 Å². The van der Waals surface area contributed by atoms with Crippen molar-refractivity contribution in [2.75, 3.05) is 20.6 Å². The minimum Gasteiger partial charge on any atom is -0.475 e. The molecule has 0 fully saturated rings. The highest BCUT2D eigenvalue weighted by Gasteiger charge is 2.13. The quantitative estimate of drug-likeness (QED) is 0.747. The minimum atomic E-state index is -1.11. The zero-order chi connectivity index (χ0) is 12.1. The van der Waals surface area contributed by atoms with Crippen LogP contribution in [0.2, 0.25) is 0 Å². The highest BCUT2D eigenvalue weighted by atomic mass is 16.4. The summed E-state index contributed by atoms with van der Waals surface area (Å²) in [6.07, 6.45) is 1.31. The molecule has 0 saturated carbocycles. The number of nitrogens with one attached hydrogen (secondary N) is 1. The van der Waals surface area contributed by atoms with Gasteiger partial charge in [-0.1, -0.05) is 0 Å². The van der Waals surface area contributed by atoms with E-state index in [-0.39, 0.29) is 24.8 Å². The summed E-state index contributed by atoms with van der Waals surface area (Å²) in [5.41, 5.74) is 0.527. The average Bonchev–Trinajstić information content (AvgIpc) is 2.65. The van der Waals surface area contributed by atoms with Gasteiger partial charge in [-0.05, 0) is 6.07 Å². The molecular formula is C10H14N2O4. The number of hydrogen-bond acceptors (Lipinski definition) is 4. The lowest BCUT2D eigenvalue weighted by atomic mass is 10.2. The maximum atomic E-state index is 11.2. The smallest absolute Gasteiger partial charge is 0.372 e. The van der Waals surface area contributed by atoms with Crippen molar-refractivity contribution in [2.24, 2.45) is 0 Å². The van der Waals surface area contributed by atoms with Crippen molar-refractivity contribution >= 4 is 11.9 Å². The fraction of sp³-hybridized carbons (Fsp3) is 0.400. The Balaban J connectivity index is 2.46. The minimum absolute atomic E-state index is 0.0691. The van der Waals surface area contributed by atoms with Crippen LogP contribution >= 0.6 is 0 Å². The molecule has 0 aliphatic rings. The van der Waals surface area contributed by atoms with Gasteiger partial charge in [0, 0.05) is 26.2 Å². The number of carbonyl (C=O) groups excluding carboxylic acids is 1. The first-order valence-corrected chi connectivity index (χ1v) is 4.73. The van der Waals surface area contributed by atoms with Gasteiger partial charge in [0.1, 0.15) is 0 Å². The molecule has 1 rings (SSSR count). The van der Waals surface area contributed by atoms with Crippen LogP contribution in [0.25, 0.3) is 0 Å². The Morgan fingerprint density at radius 3 is 2.75 bits per heavy atom. The maximum absolute atomic E-state index is 11.2. The monoisotopic (exact) mass is 226 g/mol. The number of furan rings is 1. The molecule has 1 aromatic heterocycles. The van der Waals surface area contributed by atoms with Gasteiger partial charge in [0.25, 0.3) is 0 Å². The Kier molecular flexibility index (Phi) is 4.07. The van der Waals surface area contributed by atoms with E-state index in [0.29, 0.717) is 5.56 Å². The second-order valence-electron chi connectivity index (χ2n) is 3.47. The molecule has 0 aromatic carbocycles. The first-order valence-electron chi connectivity index (χ1n) is 4.73. The lowest BCUT2D eigenvalue weighted by Gasteiger charge is -2.10. The van der Waals surface area contributed by atoms with E-state index in [4.69, 9.17) is 9.52 Å².